The zero-order chi connectivity index (χ0) is 33.1. The van der Waals surface area contributed by atoms with Crippen LogP contribution < -0.4 is 10.6 Å². The van der Waals surface area contributed by atoms with E-state index < -0.39 is 29.7 Å². The Hall–Kier alpha value is -5.01. The predicted octanol–water partition coefficient (Wildman–Crippen LogP) is 1.67. The Balaban J connectivity index is 0.964. The first-order chi connectivity index (χ1) is 22.7. The van der Waals surface area contributed by atoms with Gasteiger partial charge in [0.2, 0.25) is 17.7 Å². The molecule has 2 saturated heterocycles. The summed E-state index contributed by atoms with van der Waals surface area (Å²) >= 11 is 0. The molecule has 2 atom stereocenters. The summed E-state index contributed by atoms with van der Waals surface area (Å²) in [5.74, 6) is -2.86. The molecule has 13 nitrogen and oxygen atoms in total. The first kappa shape index (κ1) is 32.0. The third-order valence-electron chi connectivity index (χ3n) is 9.09. The van der Waals surface area contributed by atoms with Crippen molar-refractivity contribution in [3.63, 3.8) is 0 Å². The molecule has 3 N–H and O–H groups in total. The monoisotopic (exact) mass is 640 g/mol. The van der Waals surface area contributed by atoms with Gasteiger partial charge in [-0.05, 0) is 30.0 Å². The highest BCUT2D eigenvalue weighted by Gasteiger charge is 2.45. The number of hydrogen-bond acceptors (Lipinski definition) is 10. The Labute approximate surface area is 271 Å². The second-order valence-electron chi connectivity index (χ2n) is 12.2. The SMILES string of the molecule is O=C1CCC(N2C(=O)c3cccc(NC(=O)CN4CCN(CCN=CC5=C(O)CC(c6ccccc6)CC5=O)CC4)c3C2=O)C(=O)N1. The number of rotatable bonds is 9. The van der Waals surface area contributed by atoms with Crippen LogP contribution in [0.5, 0.6) is 0 Å². The molecule has 2 fully saturated rings. The largest absolute Gasteiger partial charge is 0.511 e. The lowest BCUT2D eigenvalue weighted by molar-refractivity contribution is -0.136. The molecule has 13 heteroatoms. The van der Waals surface area contributed by atoms with Crippen LogP contribution in [-0.4, -0.2) is 113 Å². The van der Waals surface area contributed by atoms with Crippen LogP contribution in [-0.2, 0) is 19.2 Å². The number of piperazine rings is 1. The van der Waals surface area contributed by atoms with Gasteiger partial charge in [-0.25, -0.2) is 0 Å². The summed E-state index contributed by atoms with van der Waals surface area (Å²) < 4.78 is 0. The fourth-order valence-corrected chi connectivity index (χ4v) is 6.56. The molecule has 0 spiro atoms. The number of aliphatic hydroxyl groups is 1. The highest BCUT2D eigenvalue weighted by atomic mass is 16.3. The molecule has 2 aromatic carbocycles. The van der Waals surface area contributed by atoms with Crippen molar-refractivity contribution in [2.24, 2.45) is 4.99 Å². The molecule has 3 aliphatic heterocycles. The number of hydrogen-bond donors (Lipinski definition) is 3. The first-order valence-corrected chi connectivity index (χ1v) is 15.8. The summed E-state index contributed by atoms with van der Waals surface area (Å²) in [6.45, 7) is 3.92. The number of piperidine rings is 1. The number of Topliss-reactive ketones (excluding diaryl/α,β-unsaturated/α-hetero) is 1. The van der Waals surface area contributed by atoms with Crippen molar-refractivity contribution < 1.29 is 33.9 Å². The number of benzene rings is 2. The smallest absolute Gasteiger partial charge is 0.264 e. The molecule has 4 aliphatic rings. The van der Waals surface area contributed by atoms with Crippen molar-refractivity contribution in [2.45, 2.75) is 37.6 Å². The van der Waals surface area contributed by atoms with E-state index in [1.54, 1.807) is 12.1 Å². The lowest BCUT2D eigenvalue weighted by Gasteiger charge is -2.34. The van der Waals surface area contributed by atoms with Crippen LogP contribution in [0.3, 0.4) is 0 Å². The van der Waals surface area contributed by atoms with Crippen LogP contribution in [0.4, 0.5) is 5.69 Å². The zero-order valence-electron chi connectivity index (χ0n) is 25.8. The number of anilines is 1. The summed E-state index contributed by atoms with van der Waals surface area (Å²) in [4.78, 5) is 85.4. The lowest BCUT2D eigenvalue weighted by Crippen LogP contribution is -2.54. The maximum Gasteiger partial charge on any atom is 0.264 e. The number of carbonyl (C=O) groups excluding carboxylic acids is 6. The average Bonchev–Trinajstić information content (AvgIpc) is 3.31. The molecule has 5 amide bonds. The fraction of sp³-hybridized carbons (Fsp3) is 0.382. The Morgan fingerprint density at radius 1 is 0.936 bits per heavy atom. The molecular weight excluding hydrogens is 604 g/mol. The summed E-state index contributed by atoms with van der Waals surface area (Å²) in [7, 11) is 0. The van der Waals surface area contributed by atoms with E-state index in [1.165, 1.54) is 12.3 Å². The number of nitrogens with zero attached hydrogens (tertiary/aromatic N) is 4. The number of aliphatic imine (C=N–C) groups is 1. The van der Waals surface area contributed by atoms with Crippen molar-refractivity contribution >= 4 is 47.2 Å². The van der Waals surface area contributed by atoms with E-state index in [1.807, 2.05) is 35.2 Å². The minimum atomic E-state index is -1.09. The normalized spacial score (nSPS) is 22.6. The van der Waals surface area contributed by atoms with Crippen molar-refractivity contribution in [3.8, 4) is 0 Å². The van der Waals surface area contributed by atoms with Crippen LogP contribution in [0.25, 0.3) is 0 Å². The summed E-state index contributed by atoms with van der Waals surface area (Å²) in [5.41, 5.74) is 1.66. The predicted molar refractivity (Wildman–Crippen MR) is 171 cm³/mol. The molecule has 2 unspecified atom stereocenters. The third kappa shape index (κ3) is 6.91. The van der Waals surface area contributed by atoms with Gasteiger partial charge in [-0.2, -0.15) is 0 Å². The highest BCUT2D eigenvalue weighted by Crippen LogP contribution is 2.34. The molecule has 244 valence electrons. The quantitative estimate of drug-likeness (QED) is 0.273. The second kappa shape index (κ2) is 13.8. The molecule has 0 bridgehead atoms. The topological polar surface area (TPSA) is 169 Å². The van der Waals surface area contributed by atoms with Gasteiger partial charge in [-0.1, -0.05) is 36.4 Å². The van der Waals surface area contributed by atoms with Gasteiger partial charge in [-0.3, -0.25) is 53.8 Å². The van der Waals surface area contributed by atoms with Gasteiger partial charge in [0.15, 0.2) is 5.78 Å². The molecule has 0 aromatic heterocycles. The first-order valence-electron chi connectivity index (χ1n) is 15.8. The molecule has 0 radical (unpaired) electrons. The van der Waals surface area contributed by atoms with E-state index in [-0.39, 0.29) is 65.1 Å². The number of ketones is 1. The number of allylic oxidation sites excluding steroid dienone is 2. The number of carbonyl (C=O) groups is 6. The summed E-state index contributed by atoms with van der Waals surface area (Å²) in [6, 6.07) is 13.2. The third-order valence-corrected chi connectivity index (χ3v) is 9.09. The van der Waals surface area contributed by atoms with Gasteiger partial charge in [0.25, 0.3) is 11.8 Å². The van der Waals surface area contributed by atoms with E-state index in [2.05, 4.69) is 20.5 Å². The summed E-state index contributed by atoms with van der Waals surface area (Å²) in [5, 5.41) is 15.5. The van der Waals surface area contributed by atoms with Crippen molar-refractivity contribution in [1.82, 2.24) is 20.0 Å². The standard InChI is InChI=1S/C34H36N6O7/c41-27-17-22(21-5-2-1-3-6-21)18-28(42)24(27)19-35-11-12-38-13-15-39(16-14-38)20-30(44)36-25-8-4-7-23-31(25)34(47)40(33(23)46)26-9-10-29(43)37-32(26)45/h1-8,19,22,26,41H,9-18,20H2,(H,36,44)(H,37,43,45). The van der Waals surface area contributed by atoms with Gasteiger partial charge in [0.1, 0.15) is 11.8 Å². The summed E-state index contributed by atoms with van der Waals surface area (Å²) in [6.07, 6.45) is 2.31. The molecule has 0 saturated carbocycles. The maximum absolute atomic E-state index is 13.3. The van der Waals surface area contributed by atoms with Crippen molar-refractivity contribution in [2.75, 3.05) is 51.1 Å². The van der Waals surface area contributed by atoms with Crippen LogP contribution in [0.1, 0.15) is 57.9 Å². The minimum Gasteiger partial charge on any atom is -0.511 e. The zero-order valence-corrected chi connectivity index (χ0v) is 25.8. The van der Waals surface area contributed by atoms with Crippen LogP contribution in [0, 0.1) is 0 Å². The van der Waals surface area contributed by atoms with Gasteiger partial charge in [0, 0.05) is 58.2 Å². The molecule has 2 aromatic rings. The van der Waals surface area contributed by atoms with E-state index in [4.69, 9.17) is 0 Å². The Bertz CT molecular complexity index is 1680. The molecule has 1 aliphatic carbocycles. The van der Waals surface area contributed by atoms with Crippen molar-refractivity contribution in [3.05, 3.63) is 76.6 Å². The molecule has 47 heavy (non-hydrogen) atoms. The van der Waals surface area contributed by atoms with Gasteiger partial charge < -0.3 is 10.4 Å². The van der Waals surface area contributed by atoms with E-state index in [0.29, 0.717) is 52.1 Å². The number of imide groups is 2. The second-order valence-corrected chi connectivity index (χ2v) is 12.2. The number of amides is 5. The fourth-order valence-electron chi connectivity index (χ4n) is 6.56. The van der Waals surface area contributed by atoms with Crippen molar-refractivity contribution in [1.29, 1.82) is 0 Å². The number of fused-ring (bicyclic) bond motifs is 1. The molecular formula is C34H36N6O7. The molecule has 3 heterocycles. The Morgan fingerprint density at radius 2 is 1.68 bits per heavy atom. The van der Waals surface area contributed by atoms with Gasteiger partial charge in [-0.15, -0.1) is 0 Å². The van der Waals surface area contributed by atoms with Gasteiger partial charge >= 0.3 is 0 Å². The average molecular weight is 641 g/mol. The van der Waals surface area contributed by atoms with E-state index in [0.717, 1.165) is 10.5 Å². The van der Waals surface area contributed by atoms with Crippen LogP contribution in [0.2, 0.25) is 0 Å². The lowest BCUT2D eigenvalue weighted by atomic mass is 9.83. The number of nitrogens with one attached hydrogen (secondary N) is 2. The van der Waals surface area contributed by atoms with E-state index >= 15 is 0 Å². The molecule has 6 rings (SSSR count). The highest BCUT2D eigenvalue weighted by molar-refractivity contribution is 6.26. The van der Waals surface area contributed by atoms with Crippen LogP contribution >= 0.6 is 0 Å². The minimum absolute atomic E-state index is 0.0215. The van der Waals surface area contributed by atoms with Crippen LogP contribution in [0.15, 0.2) is 64.9 Å². The number of aliphatic hydroxyl groups excluding tert-OH is 1. The Morgan fingerprint density at radius 3 is 2.40 bits per heavy atom. The Kier molecular flexibility index (Phi) is 9.36. The van der Waals surface area contributed by atoms with Gasteiger partial charge in [0.05, 0.1) is 35.5 Å². The van der Waals surface area contributed by atoms with E-state index in [9.17, 15) is 33.9 Å². The maximum atomic E-state index is 13.3.